The SMILES string of the molecule is Cn1c(N2[C@@H]3CC[C@H]2C[C@@H](OC(=O)Cc2c(-c4c(Cl)cccc4Cl)noc2C2CC2)C3)nc2c(F)cc(Br)cc21. The molecule has 1 aliphatic carbocycles. The van der Waals surface area contributed by atoms with Gasteiger partial charge in [0.15, 0.2) is 5.82 Å². The monoisotopic (exact) mass is 646 g/mol. The lowest BCUT2D eigenvalue weighted by molar-refractivity contribution is -0.149. The molecule has 3 aliphatic rings. The van der Waals surface area contributed by atoms with Crippen molar-refractivity contribution in [3.8, 4) is 11.3 Å². The van der Waals surface area contributed by atoms with Crippen LogP contribution in [0, 0.1) is 5.82 Å². The molecular weight excluding hydrogens is 622 g/mol. The van der Waals surface area contributed by atoms with E-state index in [1.165, 1.54) is 6.07 Å². The van der Waals surface area contributed by atoms with Gasteiger partial charge in [-0.2, -0.15) is 0 Å². The van der Waals surface area contributed by atoms with Crippen LogP contribution in [0.1, 0.15) is 55.8 Å². The molecule has 0 radical (unpaired) electrons. The number of fused-ring (bicyclic) bond motifs is 3. The molecule has 2 aromatic carbocycles. The molecule has 4 heterocycles. The average Bonchev–Trinajstić information content (AvgIpc) is 3.52. The molecule has 0 unspecified atom stereocenters. The number of aryl methyl sites for hydroxylation is 1. The highest BCUT2D eigenvalue weighted by Crippen LogP contribution is 2.46. The van der Waals surface area contributed by atoms with Crippen molar-refractivity contribution < 1.29 is 18.4 Å². The minimum absolute atomic E-state index is 0.0423. The Morgan fingerprint density at radius 3 is 2.52 bits per heavy atom. The maximum atomic E-state index is 14.6. The molecule has 0 amide bonds. The molecule has 1 saturated carbocycles. The van der Waals surface area contributed by atoms with E-state index < -0.39 is 0 Å². The lowest BCUT2D eigenvalue weighted by atomic mass is 9.99. The minimum atomic E-state index is -0.348. The van der Waals surface area contributed by atoms with Gasteiger partial charge in [-0.05, 0) is 49.9 Å². The number of ether oxygens (including phenoxy) is 1. The number of hydrogen-bond acceptors (Lipinski definition) is 6. The maximum Gasteiger partial charge on any atom is 0.310 e. The van der Waals surface area contributed by atoms with E-state index in [-0.39, 0.29) is 42.3 Å². The zero-order chi connectivity index (χ0) is 27.7. The van der Waals surface area contributed by atoms with Gasteiger partial charge in [0.25, 0.3) is 0 Å². The second kappa shape index (κ2) is 10.0. The third kappa shape index (κ3) is 4.50. The average molecular weight is 648 g/mol. The molecule has 11 heteroatoms. The van der Waals surface area contributed by atoms with Crippen LogP contribution >= 0.6 is 39.1 Å². The van der Waals surface area contributed by atoms with Crippen LogP contribution in [0.15, 0.2) is 39.3 Å². The molecule has 0 N–H and O–H groups in total. The van der Waals surface area contributed by atoms with E-state index in [1.54, 1.807) is 18.2 Å². The van der Waals surface area contributed by atoms with Crippen LogP contribution < -0.4 is 4.90 Å². The summed E-state index contributed by atoms with van der Waals surface area (Å²) in [7, 11) is 1.92. The van der Waals surface area contributed by atoms with Crippen LogP contribution in [-0.2, 0) is 23.0 Å². The fourth-order valence-electron chi connectivity index (χ4n) is 6.43. The van der Waals surface area contributed by atoms with Crippen LogP contribution in [-0.4, -0.2) is 38.9 Å². The third-order valence-corrected chi connectivity index (χ3v) is 9.48. The Balaban J connectivity index is 1.10. The normalized spacial score (nSPS) is 22.3. The first-order chi connectivity index (χ1) is 19.3. The summed E-state index contributed by atoms with van der Waals surface area (Å²) in [6.45, 7) is 0. The zero-order valence-corrected chi connectivity index (χ0v) is 24.8. The smallest absolute Gasteiger partial charge is 0.310 e. The number of nitrogens with zero attached hydrogens (tertiary/aromatic N) is 4. The highest BCUT2D eigenvalue weighted by molar-refractivity contribution is 9.10. The third-order valence-electron chi connectivity index (χ3n) is 8.39. The summed E-state index contributed by atoms with van der Waals surface area (Å²) in [5.74, 6) is 1.06. The van der Waals surface area contributed by atoms with Gasteiger partial charge < -0.3 is 18.7 Å². The van der Waals surface area contributed by atoms with Gasteiger partial charge in [0.1, 0.15) is 23.1 Å². The Morgan fingerprint density at radius 2 is 1.85 bits per heavy atom. The molecule has 2 saturated heterocycles. The van der Waals surface area contributed by atoms with E-state index in [0.29, 0.717) is 49.7 Å². The second-order valence-corrected chi connectivity index (χ2v) is 12.8. The van der Waals surface area contributed by atoms with Gasteiger partial charge in [-0.25, -0.2) is 9.37 Å². The summed E-state index contributed by atoms with van der Waals surface area (Å²) in [5.41, 5.74) is 2.88. The molecule has 3 atom stereocenters. The van der Waals surface area contributed by atoms with Gasteiger partial charge in [0.05, 0.1) is 22.0 Å². The Hall–Kier alpha value is -2.62. The summed E-state index contributed by atoms with van der Waals surface area (Å²) in [4.78, 5) is 20.3. The van der Waals surface area contributed by atoms with Crippen LogP contribution in [0.2, 0.25) is 10.0 Å². The lowest BCUT2D eigenvalue weighted by Gasteiger charge is -2.39. The van der Waals surface area contributed by atoms with Crippen molar-refractivity contribution in [3.05, 3.63) is 62.0 Å². The van der Waals surface area contributed by atoms with Crippen molar-refractivity contribution in [1.82, 2.24) is 14.7 Å². The Bertz CT molecular complexity index is 1620. The summed E-state index contributed by atoms with van der Waals surface area (Å²) >= 11 is 16.3. The molecule has 208 valence electrons. The zero-order valence-electron chi connectivity index (χ0n) is 21.7. The Labute approximate surface area is 248 Å². The van der Waals surface area contributed by atoms with Gasteiger partial charge in [-0.1, -0.05) is 50.4 Å². The van der Waals surface area contributed by atoms with Gasteiger partial charge >= 0.3 is 5.97 Å². The molecule has 2 aliphatic heterocycles. The quantitative estimate of drug-likeness (QED) is 0.201. The Morgan fingerprint density at radius 1 is 1.15 bits per heavy atom. The highest BCUT2D eigenvalue weighted by atomic mass is 79.9. The first-order valence-electron chi connectivity index (χ1n) is 13.5. The molecule has 2 bridgehead atoms. The number of benzene rings is 2. The summed E-state index contributed by atoms with van der Waals surface area (Å²) < 4.78 is 29.0. The van der Waals surface area contributed by atoms with Crippen molar-refractivity contribution in [3.63, 3.8) is 0 Å². The molecule has 7 rings (SSSR count). The van der Waals surface area contributed by atoms with Gasteiger partial charge in [-0.3, -0.25) is 4.79 Å². The van der Waals surface area contributed by atoms with E-state index in [0.717, 1.165) is 42.9 Å². The molecule has 0 spiro atoms. The number of halogens is 4. The van der Waals surface area contributed by atoms with Crippen LogP contribution in [0.4, 0.5) is 10.3 Å². The molecule has 7 nitrogen and oxygen atoms in total. The van der Waals surface area contributed by atoms with Crippen LogP contribution in [0.25, 0.3) is 22.3 Å². The fourth-order valence-corrected chi connectivity index (χ4v) is 7.43. The number of carbonyl (C=O) groups is 1. The molecule has 3 fully saturated rings. The van der Waals surface area contributed by atoms with Gasteiger partial charge in [0.2, 0.25) is 5.95 Å². The van der Waals surface area contributed by atoms with E-state index in [9.17, 15) is 9.18 Å². The number of carbonyl (C=O) groups excluding carboxylic acids is 1. The number of hydrogen-bond donors (Lipinski definition) is 0. The molecule has 40 heavy (non-hydrogen) atoms. The second-order valence-electron chi connectivity index (χ2n) is 11.0. The number of esters is 1. The number of piperidine rings is 1. The van der Waals surface area contributed by atoms with Crippen molar-refractivity contribution in [2.24, 2.45) is 7.05 Å². The Kier molecular flexibility index (Phi) is 6.59. The van der Waals surface area contributed by atoms with Crippen molar-refractivity contribution in [2.45, 2.75) is 69.1 Å². The summed E-state index contributed by atoms with van der Waals surface area (Å²) in [6.07, 6.45) is 5.16. The largest absolute Gasteiger partial charge is 0.462 e. The summed E-state index contributed by atoms with van der Waals surface area (Å²) in [6, 6.07) is 8.91. The number of aromatic nitrogens is 3. The lowest BCUT2D eigenvalue weighted by Crippen LogP contribution is -2.47. The minimum Gasteiger partial charge on any atom is -0.462 e. The van der Waals surface area contributed by atoms with Crippen LogP contribution in [0.5, 0.6) is 0 Å². The van der Waals surface area contributed by atoms with Crippen molar-refractivity contribution >= 4 is 62.1 Å². The van der Waals surface area contributed by atoms with Crippen molar-refractivity contribution in [1.29, 1.82) is 0 Å². The number of rotatable bonds is 6. The van der Waals surface area contributed by atoms with Crippen molar-refractivity contribution in [2.75, 3.05) is 4.90 Å². The number of anilines is 1. The highest BCUT2D eigenvalue weighted by Gasteiger charge is 2.44. The number of imidazole rings is 1. The van der Waals surface area contributed by atoms with E-state index in [1.807, 2.05) is 17.7 Å². The molecule has 4 aromatic rings. The van der Waals surface area contributed by atoms with E-state index >= 15 is 0 Å². The predicted octanol–water partition coefficient (Wildman–Crippen LogP) is 7.60. The van der Waals surface area contributed by atoms with E-state index in [4.69, 9.17) is 32.5 Å². The first-order valence-corrected chi connectivity index (χ1v) is 15.1. The topological polar surface area (TPSA) is 73.4 Å². The predicted molar refractivity (Wildman–Crippen MR) is 154 cm³/mol. The standard InChI is InChI=1S/C29H26BrCl2FN4O3/c1-36-23-10-15(30)9-22(33)27(23)34-29(36)37-16-7-8-17(37)12-18(11-16)39-24(38)13-19-26(35-40-28(19)14-5-6-14)25-20(31)3-2-4-21(25)32/h2-4,9-10,14,16-18H,5-8,11-13H2,1H3/t16-,17+,18+. The molecule has 2 aromatic heterocycles. The van der Waals surface area contributed by atoms with Gasteiger partial charge in [-0.15, -0.1) is 0 Å². The first kappa shape index (κ1) is 26.3. The van der Waals surface area contributed by atoms with Crippen LogP contribution in [0.3, 0.4) is 0 Å². The van der Waals surface area contributed by atoms with Gasteiger partial charge in [0, 0.05) is 53.5 Å². The molecular formula is C29H26BrCl2FN4O3. The maximum absolute atomic E-state index is 14.6. The fraction of sp³-hybridized carbons (Fsp3) is 0.414. The summed E-state index contributed by atoms with van der Waals surface area (Å²) in [5, 5.41) is 5.20. The van der Waals surface area contributed by atoms with E-state index in [2.05, 4.69) is 31.0 Å².